The van der Waals surface area contributed by atoms with Crippen molar-refractivity contribution in [3.63, 3.8) is 0 Å². The molecule has 6 heteroatoms. The molecule has 3 rings (SSSR count). The molecule has 0 spiro atoms. The standard InChI is InChI=1S/C19H27N3O3/c1-2-20-11-16(19(24)25)12-21-8-9-22(14-17(21)13-20)18(23)10-15-6-4-3-5-7-15/h3-7,16-17H,2,8-14H2,1H3,(H,24,25). The van der Waals surface area contributed by atoms with Gasteiger partial charge in [-0.15, -0.1) is 0 Å². The molecule has 2 aliphatic heterocycles. The van der Waals surface area contributed by atoms with Crippen LogP contribution in [0.3, 0.4) is 0 Å². The molecule has 0 radical (unpaired) electrons. The Morgan fingerprint density at radius 2 is 1.84 bits per heavy atom. The highest BCUT2D eigenvalue weighted by Crippen LogP contribution is 2.19. The van der Waals surface area contributed by atoms with Gasteiger partial charge in [-0.2, -0.15) is 0 Å². The molecule has 0 aliphatic carbocycles. The van der Waals surface area contributed by atoms with Gasteiger partial charge < -0.3 is 14.9 Å². The molecule has 6 nitrogen and oxygen atoms in total. The van der Waals surface area contributed by atoms with Crippen LogP contribution < -0.4 is 0 Å². The number of amides is 1. The summed E-state index contributed by atoms with van der Waals surface area (Å²) < 4.78 is 0. The lowest BCUT2D eigenvalue weighted by Crippen LogP contribution is -2.57. The van der Waals surface area contributed by atoms with Crippen LogP contribution in [0.25, 0.3) is 0 Å². The Hall–Kier alpha value is -1.92. The van der Waals surface area contributed by atoms with E-state index in [4.69, 9.17) is 0 Å². The van der Waals surface area contributed by atoms with Crippen LogP contribution >= 0.6 is 0 Å². The number of carboxylic acids is 1. The van der Waals surface area contributed by atoms with Crippen molar-refractivity contribution in [2.24, 2.45) is 5.92 Å². The predicted octanol–water partition coefficient (Wildman–Crippen LogP) is 0.778. The Labute approximate surface area is 149 Å². The van der Waals surface area contributed by atoms with Crippen LogP contribution in [-0.2, 0) is 16.0 Å². The number of hydrogen-bond donors (Lipinski definition) is 1. The van der Waals surface area contributed by atoms with Gasteiger partial charge in [0.2, 0.25) is 5.91 Å². The molecular weight excluding hydrogens is 318 g/mol. The zero-order chi connectivity index (χ0) is 17.8. The highest BCUT2D eigenvalue weighted by molar-refractivity contribution is 5.79. The summed E-state index contributed by atoms with van der Waals surface area (Å²) in [5, 5.41) is 9.45. The van der Waals surface area contributed by atoms with Crippen LogP contribution in [0.4, 0.5) is 0 Å². The molecular formula is C19H27N3O3. The van der Waals surface area contributed by atoms with Crippen molar-refractivity contribution in [3.05, 3.63) is 35.9 Å². The van der Waals surface area contributed by atoms with Gasteiger partial charge >= 0.3 is 5.97 Å². The van der Waals surface area contributed by atoms with E-state index in [0.29, 0.717) is 32.6 Å². The van der Waals surface area contributed by atoms with E-state index in [1.54, 1.807) is 0 Å². The van der Waals surface area contributed by atoms with Crippen LogP contribution in [0.2, 0.25) is 0 Å². The third kappa shape index (κ3) is 4.38. The number of benzene rings is 1. The van der Waals surface area contributed by atoms with Crippen molar-refractivity contribution in [3.8, 4) is 0 Å². The lowest BCUT2D eigenvalue weighted by atomic mass is 10.1. The minimum atomic E-state index is -0.721. The summed E-state index contributed by atoms with van der Waals surface area (Å²) in [6, 6.07) is 10.1. The van der Waals surface area contributed by atoms with Crippen molar-refractivity contribution in [1.29, 1.82) is 0 Å². The first-order chi connectivity index (χ1) is 12.1. The number of likely N-dealkylation sites (N-methyl/N-ethyl adjacent to an activating group) is 1. The predicted molar refractivity (Wildman–Crippen MR) is 95.3 cm³/mol. The molecule has 2 heterocycles. The SMILES string of the molecule is CCN1CC(C(=O)O)CN2CCN(C(=O)Cc3ccccc3)CC2C1. The fourth-order valence-electron chi connectivity index (χ4n) is 3.85. The van der Waals surface area contributed by atoms with Crippen molar-refractivity contribution in [1.82, 2.24) is 14.7 Å². The third-order valence-corrected chi connectivity index (χ3v) is 5.35. The van der Waals surface area contributed by atoms with Crippen molar-refractivity contribution < 1.29 is 14.7 Å². The molecule has 2 unspecified atom stereocenters. The average molecular weight is 345 g/mol. The second-order valence-corrected chi connectivity index (χ2v) is 7.04. The van der Waals surface area contributed by atoms with Crippen LogP contribution in [0.5, 0.6) is 0 Å². The van der Waals surface area contributed by atoms with E-state index < -0.39 is 5.97 Å². The first-order valence-corrected chi connectivity index (χ1v) is 9.07. The minimum Gasteiger partial charge on any atom is -0.481 e. The van der Waals surface area contributed by atoms with Crippen molar-refractivity contribution in [2.45, 2.75) is 19.4 Å². The summed E-state index contributed by atoms with van der Waals surface area (Å²) in [4.78, 5) is 30.6. The van der Waals surface area contributed by atoms with Crippen LogP contribution in [-0.4, -0.2) is 83.5 Å². The number of nitrogens with zero attached hydrogens (tertiary/aromatic N) is 3. The first-order valence-electron chi connectivity index (χ1n) is 9.07. The van der Waals surface area contributed by atoms with E-state index >= 15 is 0 Å². The number of rotatable bonds is 4. The highest BCUT2D eigenvalue weighted by atomic mass is 16.4. The molecule has 136 valence electrons. The maximum absolute atomic E-state index is 12.7. The summed E-state index contributed by atoms with van der Waals surface area (Å²) >= 11 is 0. The largest absolute Gasteiger partial charge is 0.481 e. The number of aliphatic carboxylic acids is 1. The molecule has 2 saturated heterocycles. The molecule has 2 fully saturated rings. The number of fused-ring (bicyclic) bond motifs is 1. The molecule has 0 bridgehead atoms. The summed E-state index contributed by atoms with van der Waals surface area (Å²) in [7, 11) is 0. The highest BCUT2D eigenvalue weighted by Gasteiger charge is 2.36. The molecule has 1 aromatic rings. The Bertz CT molecular complexity index is 607. The zero-order valence-corrected chi connectivity index (χ0v) is 14.8. The molecule has 0 aromatic heterocycles. The van der Waals surface area contributed by atoms with Gasteiger partial charge in [-0.3, -0.25) is 14.5 Å². The Kier molecular flexibility index (Phi) is 5.71. The molecule has 1 N–H and O–H groups in total. The van der Waals surface area contributed by atoms with Crippen molar-refractivity contribution in [2.75, 3.05) is 45.8 Å². The normalized spacial score (nSPS) is 25.2. The Balaban J connectivity index is 1.65. The summed E-state index contributed by atoms with van der Waals surface area (Å²) in [5.41, 5.74) is 1.04. The Morgan fingerprint density at radius 3 is 2.52 bits per heavy atom. The third-order valence-electron chi connectivity index (χ3n) is 5.35. The number of carboxylic acid groups (broad SMARTS) is 1. The number of piperazine rings is 1. The van der Waals surface area contributed by atoms with Gasteiger partial charge in [-0.05, 0) is 12.1 Å². The molecule has 25 heavy (non-hydrogen) atoms. The molecule has 1 amide bonds. The molecule has 1 aromatic carbocycles. The topological polar surface area (TPSA) is 64.1 Å². The summed E-state index contributed by atoms with van der Waals surface area (Å²) in [6.45, 7) is 7.03. The van der Waals surface area contributed by atoms with E-state index in [9.17, 15) is 14.7 Å². The second-order valence-electron chi connectivity index (χ2n) is 7.04. The lowest BCUT2D eigenvalue weighted by Gasteiger charge is -2.41. The lowest BCUT2D eigenvalue weighted by molar-refractivity contribution is -0.143. The number of hydrogen-bond acceptors (Lipinski definition) is 4. The van der Waals surface area contributed by atoms with Crippen LogP contribution in [0, 0.1) is 5.92 Å². The maximum Gasteiger partial charge on any atom is 0.309 e. The fourth-order valence-corrected chi connectivity index (χ4v) is 3.85. The van der Waals surface area contributed by atoms with Gasteiger partial charge in [0.15, 0.2) is 0 Å². The van der Waals surface area contributed by atoms with Crippen LogP contribution in [0.15, 0.2) is 30.3 Å². The smallest absolute Gasteiger partial charge is 0.309 e. The summed E-state index contributed by atoms with van der Waals surface area (Å²) in [6.07, 6.45) is 0.433. The fraction of sp³-hybridized carbons (Fsp3) is 0.579. The van der Waals surface area contributed by atoms with E-state index in [1.807, 2.05) is 35.2 Å². The van der Waals surface area contributed by atoms with Gasteiger partial charge in [0.25, 0.3) is 0 Å². The molecule has 0 saturated carbocycles. The van der Waals surface area contributed by atoms with Gasteiger partial charge in [-0.25, -0.2) is 0 Å². The first kappa shape index (κ1) is 17.9. The number of carbonyl (C=O) groups excluding carboxylic acids is 1. The van der Waals surface area contributed by atoms with E-state index in [0.717, 1.165) is 25.2 Å². The van der Waals surface area contributed by atoms with Gasteiger partial charge in [0.1, 0.15) is 0 Å². The van der Waals surface area contributed by atoms with E-state index in [-0.39, 0.29) is 17.9 Å². The van der Waals surface area contributed by atoms with Gasteiger partial charge in [0.05, 0.1) is 12.3 Å². The monoisotopic (exact) mass is 345 g/mol. The van der Waals surface area contributed by atoms with Gasteiger partial charge in [-0.1, -0.05) is 37.3 Å². The van der Waals surface area contributed by atoms with Crippen LogP contribution in [0.1, 0.15) is 12.5 Å². The van der Waals surface area contributed by atoms with E-state index in [2.05, 4.69) is 16.7 Å². The molecule has 2 atom stereocenters. The second kappa shape index (κ2) is 7.97. The van der Waals surface area contributed by atoms with E-state index in [1.165, 1.54) is 0 Å². The maximum atomic E-state index is 12.7. The zero-order valence-electron chi connectivity index (χ0n) is 14.8. The average Bonchev–Trinajstić information content (AvgIpc) is 2.81. The Morgan fingerprint density at radius 1 is 1.08 bits per heavy atom. The minimum absolute atomic E-state index is 0.160. The molecule has 2 aliphatic rings. The quantitative estimate of drug-likeness (QED) is 0.874. The summed E-state index contributed by atoms with van der Waals surface area (Å²) in [5.74, 6) is -0.911. The van der Waals surface area contributed by atoms with Crippen molar-refractivity contribution >= 4 is 11.9 Å². The number of carbonyl (C=O) groups is 2. The van der Waals surface area contributed by atoms with Gasteiger partial charge in [0, 0.05) is 45.3 Å².